The number of fused-ring (bicyclic) bond motifs is 1. The molecule has 2 atom stereocenters. The lowest BCUT2D eigenvalue weighted by Gasteiger charge is -2.45. The summed E-state index contributed by atoms with van der Waals surface area (Å²) in [5.74, 6) is 0.998. The molecule has 0 amide bonds. The Labute approximate surface area is 134 Å². The number of nitrogens with two attached hydrogens (primary N) is 1. The summed E-state index contributed by atoms with van der Waals surface area (Å²) in [6.45, 7) is 1.14. The first-order valence-electron chi connectivity index (χ1n) is 7.75. The number of hydrogen-bond acceptors (Lipinski definition) is 3. The van der Waals surface area contributed by atoms with E-state index in [9.17, 15) is 0 Å². The molecule has 1 aromatic carbocycles. The van der Waals surface area contributed by atoms with E-state index in [0.717, 1.165) is 22.5 Å². The number of anilines is 1. The molecule has 2 fully saturated rings. The highest BCUT2D eigenvalue weighted by molar-refractivity contribution is 9.10. The van der Waals surface area contributed by atoms with Crippen LogP contribution in [0.4, 0.5) is 5.69 Å². The van der Waals surface area contributed by atoms with E-state index in [0.29, 0.717) is 6.04 Å². The van der Waals surface area contributed by atoms with Crippen LogP contribution in [-0.2, 0) is 0 Å². The molecule has 5 heteroatoms. The highest BCUT2D eigenvalue weighted by Gasteiger charge is 2.33. The largest absolute Gasteiger partial charge is 0.409 e. The van der Waals surface area contributed by atoms with Crippen LogP contribution in [0.15, 0.2) is 27.8 Å². The molecule has 114 valence electrons. The van der Waals surface area contributed by atoms with Gasteiger partial charge in [0.05, 0.1) is 0 Å². The summed E-state index contributed by atoms with van der Waals surface area (Å²) in [5, 5.41) is 11.9. The topological polar surface area (TPSA) is 61.9 Å². The fourth-order valence-corrected chi connectivity index (χ4v) is 4.46. The quantitative estimate of drug-likeness (QED) is 0.369. The van der Waals surface area contributed by atoms with Crippen molar-refractivity contribution < 1.29 is 5.21 Å². The van der Waals surface area contributed by atoms with E-state index in [1.54, 1.807) is 0 Å². The summed E-state index contributed by atoms with van der Waals surface area (Å²) < 4.78 is 0.883. The molecule has 1 aliphatic carbocycles. The van der Waals surface area contributed by atoms with Gasteiger partial charge in [0.2, 0.25) is 0 Å². The maximum atomic E-state index is 8.82. The maximum absolute atomic E-state index is 8.82. The Bertz CT molecular complexity index is 544. The van der Waals surface area contributed by atoms with Crippen LogP contribution in [0.5, 0.6) is 0 Å². The molecule has 21 heavy (non-hydrogen) atoms. The van der Waals surface area contributed by atoms with Gasteiger partial charge in [-0.1, -0.05) is 18.0 Å². The zero-order chi connectivity index (χ0) is 14.8. The smallest absolute Gasteiger partial charge is 0.171 e. The molecular formula is C16H22BrN3O. The number of hydrogen-bond donors (Lipinski definition) is 2. The number of nitrogens with zero attached hydrogens (tertiary/aromatic N) is 2. The number of piperidine rings is 1. The van der Waals surface area contributed by atoms with Gasteiger partial charge in [0.15, 0.2) is 5.84 Å². The molecular weight excluding hydrogens is 330 g/mol. The molecule has 4 nitrogen and oxygen atoms in total. The van der Waals surface area contributed by atoms with Gasteiger partial charge in [0.1, 0.15) is 0 Å². The number of halogens is 1. The van der Waals surface area contributed by atoms with Gasteiger partial charge in [-0.3, -0.25) is 0 Å². The van der Waals surface area contributed by atoms with Crippen LogP contribution in [0, 0.1) is 5.92 Å². The zero-order valence-electron chi connectivity index (χ0n) is 12.1. The molecule has 1 aliphatic heterocycles. The number of benzene rings is 1. The van der Waals surface area contributed by atoms with E-state index in [2.05, 4.69) is 38.1 Å². The highest BCUT2D eigenvalue weighted by atomic mass is 79.9. The fraction of sp³-hybridized carbons (Fsp3) is 0.562. The van der Waals surface area contributed by atoms with Gasteiger partial charge in [-0.25, -0.2) is 0 Å². The van der Waals surface area contributed by atoms with E-state index in [-0.39, 0.29) is 5.84 Å². The average Bonchev–Trinajstić information content (AvgIpc) is 2.53. The zero-order valence-corrected chi connectivity index (χ0v) is 13.7. The van der Waals surface area contributed by atoms with Gasteiger partial charge in [0, 0.05) is 28.3 Å². The molecule has 0 spiro atoms. The van der Waals surface area contributed by atoms with Gasteiger partial charge in [0.25, 0.3) is 0 Å². The fourth-order valence-electron chi connectivity index (χ4n) is 3.89. The lowest BCUT2D eigenvalue weighted by atomic mass is 9.78. The lowest BCUT2D eigenvalue weighted by Crippen LogP contribution is -2.46. The molecule has 1 saturated carbocycles. The third-order valence-electron chi connectivity index (χ3n) is 4.91. The Morgan fingerprint density at radius 1 is 1.24 bits per heavy atom. The monoisotopic (exact) mass is 351 g/mol. The minimum absolute atomic E-state index is 0.141. The third kappa shape index (κ3) is 2.89. The highest BCUT2D eigenvalue weighted by Crippen LogP contribution is 2.38. The van der Waals surface area contributed by atoms with Crippen LogP contribution >= 0.6 is 15.9 Å². The summed E-state index contributed by atoms with van der Waals surface area (Å²) in [6.07, 6.45) is 8.09. The van der Waals surface area contributed by atoms with E-state index in [1.807, 2.05) is 6.07 Å². The molecule has 2 unspecified atom stereocenters. The standard InChI is InChI=1S/C16H22BrN3O/c17-14-10-12(7-8-13(14)16(18)19-21)20-9-3-5-11-4-1-2-6-15(11)20/h7-8,10-11,15,21H,1-6,9H2,(H2,18,19). The molecule has 0 radical (unpaired) electrons. The van der Waals surface area contributed by atoms with Crippen molar-refractivity contribution in [3.05, 3.63) is 28.2 Å². The molecule has 3 N–H and O–H groups in total. The summed E-state index contributed by atoms with van der Waals surface area (Å²) in [4.78, 5) is 2.56. The van der Waals surface area contributed by atoms with Crippen molar-refractivity contribution in [3.63, 3.8) is 0 Å². The Hall–Kier alpha value is -1.23. The minimum Gasteiger partial charge on any atom is -0.409 e. The van der Waals surface area contributed by atoms with Gasteiger partial charge in [-0.15, -0.1) is 0 Å². The van der Waals surface area contributed by atoms with Crippen molar-refractivity contribution in [2.24, 2.45) is 16.8 Å². The van der Waals surface area contributed by atoms with Crippen LogP contribution < -0.4 is 10.6 Å². The first-order valence-corrected chi connectivity index (χ1v) is 8.54. The molecule has 1 saturated heterocycles. The Balaban J connectivity index is 1.87. The lowest BCUT2D eigenvalue weighted by molar-refractivity contribution is 0.244. The van der Waals surface area contributed by atoms with Crippen LogP contribution in [0.3, 0.4) is 0 Å². The van der Waals surface area contributed by atoms with Crippen molar-refractivity contribution in [2.75, 3.05) is 11.4 Å². The SMILES string of the molecule is N/C(=N/O)c1ccc(N2CCCC3CCCCC32)cc1Br. The summed E-state index contributed by atoms with van der Waals surface area (Å²) in [7, 11) is 0. The third-order valence-corrected chi connectivity index (χ3v) is 5.57. The molecule has 2 aliphatic rings. The Morgan fingerprint density at radius 2 is 2.00 bits per heavy atom. The van der Waals surface area contributed by atoms with Gasteiger partial charge >= 0.3 is 0 Å². The van der Waals surface area contributed by atoms with Gasteiger partial charge in [-0.05, 0) is 65.7 Å². The number of rotatable bonds is 2. The molecule has 0 bridgehead atoms. The molecule has 1 heterocycles. The van der Waals surface area contributed by atoms with Crippen LogP contribution in [-0.4, -0.2) is 23.6 Å². The van der Waals surface area contributed by atoms with Crippen molar-refractivity contribution in [2.45, 2.75) is 44.6 Å². The van der Waals surface area contributed by atoms with Gasteiger partial charge < -0.3 is 15.8 Å². The van der Waals surface area contributed by atoms with E-state index in [1.165, 1.54) is 44.2 Å². The number of amidine groups is 1. The summed E-state index contributed by atoms with van der Waals surface area (Å²) in [5.41, 5.74) is 7.66. The Kier molecular flexibility index (Phi) is 4.38. The normalized spacial score (nSPS) is 26.5. The van der Waals surface area contributed by atoms with Crippen LogP contribution in [0.2, 0.25) is 0 Å². The van der Waals surface area contributed by atoms with E-state index >= 15 is 0 Å². The predicted molar refractivity (Wildman–Crippen MR) is 89.0 cm³/mol. The maximum Gasteiger partial charge on any atom is 0.171 e. The van der Waals surface area contributed by atoms with Crippen molar-refractivity contribution in [1.82, 2.24) is 0 Å². The molecule has 1 aromatic rings. The second kappa shape index (κ2) is 6.26. The summed E-state index contributed by atoms with van der Waals surface area (Å²) in [6, 6.07) is 6.81. The second-order valence-corrected chi connectivity index (χ2v) is 6.95. The van der Waals surface area contributed by atoms with Crippen LogP contribution in [0.1, 0.15) is 44.1 Å². The van der Waals surface area contributed by atoms with E-state index in [4.69, 9.17) is 10.9 Å². The van der Waals surface area contributed by atoms with Gasteiger partial charge in [-0.2, -0.15) is 0 Å². The van der Waals surface area contributed by atoms with Crippen molar-refractivity contribution in [3.8, 4) is 0 Å². The number of oxime groups is 1. The van der Waals surface area contributed by atoms with E-state index < -0.39 is 0 Å². The molecule has 3 rings (SSSR count). The predicted octanol–water partition coefficient (Wildman–Crippen LogP) is 3.70. The first-order chi connectivity index (χ1) is 10.2. The second-order valence-electron chi connectivity index (χ2n) is 6.10. The van der Waals surface area contributed by atoms with Crippen LogP contribution in [0.25, 0.3) is 0 Å². The minimum atomic E-state index is 0.141. The average molecular weight is 352 g/mol. The van der Waals surface area contributed by atoms with Crippen molar-refractivity contribution >= 4 is 27.5 Å². The molecule has 0 aromatic heterocycles. The summed E-state index contributed by atoms with van der Waals surface area (Å²) >= 11 is 3.54. The van der Waals surface area contributed by atoms with Crippen molar-refractivity contribution in [1.29, 1.82) is 0 Å². The first kappa shape index (κ1) is 14.7. The Morgan fingerprint density at radius 3 is 2.76 bits per heavy atom.